The number of nitrogens with zero attached hydrogens (tertiary/aromatic N) is 1. The van der Waals surface area contributed by atoms with E-state index in [9.17, 15) is 0 Å². The average Bonchev–Trinajstić information content (AvgIpc) is 2.38. The topological polar surface area (TPSA) is 49.8 Å². The van der Waals surface area contributed by atoms with E-state index in [0.717, 1.165) is 10.6 Å². The van der Waals surface area contributed by atoms with E-state index in [4.69, 9.17) is 11.0 Å². The highest BCUT2D eigenvalue weighted by Gasteiger charge is 2.05. The lowest BCUT2D eigenvalue weighted by atomic mass is 10.2. The molecule has 0 saturated heterocycles. The number of anilines is 1. The Morgan fingerprint density at radius 2 is 2.00 bits per heavy atom. The van der Waals surface area contributed by atoms with E-state index in [1.54, 1.807) is 17.8 Å². The van der Waals surface area contributed by atoms with E-state index < -0.39 is 0 Å². The molecule has 90 valence electrons. The summed E-state index contributed by atoms with van der Waals surface area (Å²) >= 11 is 1.66. The van der Waals surface area contributed by atoms with Gasteiger partial charge < -0.3 is 5.73 Å². The number of nitrogens with two attached hydrogens (primary N) is 1. The third-order valence-corrected chi connectivity index (χ3v) is 3.81. The van der Waals surface area contributed by atoms with Gasteiger partial charge in [0, 0.05) is 10.6 Å². The summed E-state index contributed by atoms with van der Waals surface area (Å²) in [5.41, 5.74) is 9.59. The highest BCUT2D eigenvalue weighted by molar-refractivity contribution is 7.98. The van der Waals surface area contributed by atoms with Crippen molar-refractivity contribution in [2.45, 2.75) is 17.6 Å². The predicted molar refractivity (Wildman–Crippen MR) is 76.3 cm³/mol. The minimum absolute atomic E-state index is 0.546. The van der Waals surface area contributed by atoms with Crippen LogP contribution in [0.1, 0.15) is 16.7 Å². The van der Waals surface area contributed by atoms with Crippen LogP contribution < -0.4 is 5.73 Å². The zero-order chi connectivity index (χ0) is 13.0. The maximum absolute atomic E-state index is 8.93. The van der Waals surface area contributed by atoms with Crippen LogP contribution in [0, 0.1) is 18.3 Å². The molecule has 2 nitrogen and oxygen atoms in total. The largest absolute Gasteiger partial charge is 0.397 e. The van der Waals surface area contributed by atoms with Gasteiger partial charge in [0.25, 0.3) is 0 Å². The highest BCUT2D eigenvalue weighted by Crippen LogP contribution is 2.30. The maximum atomic E-state index is 8.93. The number of hydrogen-bond acceptors (Lipinski definition) is 3. The van der Waals surface area contributed by atoms with Crippen LogP contribution >= 0.6 is 11.8 Å². The molecular formula is C15H14N2S. The summed E-state index contributed by atoms with van der Waals surface area (Å²) in [6, 6.07) is 16.1. The monoisotopic (exact) mass is 254 g/mol. The number of nitrogen functional groups attached to an aromatic ring is 1. The van der Waals surface area contributed by atoms with Crippen LogP contribution in [-0.2, 0) is 5.75 Å². The highest BCUT2D eigenvalue weighted by atomic mass is 32.2. The summed E-state index contributed by atoms with van der Waals surface area (Å²) in [6.07, 6.45) is 0. The number of benzene rings is 2. The number of thioether (sulfide) groups is 1. The van der Waals surface area contributed by atoms with Gasteiger partial charge in [-0.25, -0.2) is 0 Å². The number of rotatable bonds is 3. The van der Waals surface area contributed by atoms with Crippen molar-refractivity contribution in [2.24, 2.45) is 0 Å². The Morgan fingerprint density at radius 1 is 1.22 bits per heavy atom. The molecule has 0 amide bonds. The van der Waals surface area contributed by atoms with Crippen LogP contribution in [0.15, 0.2) is 47.4 Å². The van der Waals surface area contributed by atoms with Crippen molar-refractivity contribution in [2.75, 3.05) is 5.73 Å². The van der Waals surface area contributed by atoms with E-state index >= 15 is 0 Å². The Morgan fingerprint density at radius 3 is 2.72 bits per heavy atom. The third-order valence-electron chi connectivity index (χ3n) is 2.66. The number of hydrogen-bond donors (Lipinski definition) is 1. The van der Waals surface area contributed by atoms with Crippen molar-refractivity contribution in [3.05, 3.63) is 59.2 Å². The van der Waals surface area contributed by atoms with Gasteiger partial charge in [-0.15, -0.1) is 11.8 Å². The van der Waals surface area contributed by atoms with Gasteiger partial charge in [0.05, 0.1) is 11.3 Å². The zero-order valence-electron chi connectivity index (χ0n) is 10.2. The van der Waals surface area contributed by atoms with Crippen LogP contribution in [0.5, 0.6) is 0 Å². The lowest BCUT2D eigenvalue weighted by Gasteiger charge is -2.07. The Balaban J connectivity index is 2.14. The SMILES string of the molecule is Cc1cccc(CSc2cccc(C#N)c2N)c1. The maximum Gasteiger partial charge on any atom is 0.101 e. The van der Waals surface area contributed by atoms with Crippen molar-refractivity contribution < 1.29 is 0 Å². The van der Waals surface area contributed by atoms with Crippen LogP contribution in [-0.4, -0.2) is 0 Å². The molecule has 0 aliphatic carbocycles. The molecule has 0 saturated carbocycles. The Kier molecular flexibility index (Phi) is 3.91. The molecule has 2 rings (SSSR count). The molecule has 0 fully saturated rings. The summed E-state index contributed by atoms with van der Waals surface area (Å²) in [5.74, 6) is 0.862. The standard InChI is InChI=1S/C15H14N2S/c1-11-4-2-5-12(8-11)10-18-14-7-3-6-13(9-16)15(14)17/h2-8H,10,17H2,1H3. The summed E-state index contributed by atoms with van der Waals surface area (Å²) < 4.78 is 0. The van der Waals surface area contributed by atoms with E-state index in [-0.39, 0.29) is 0 Å². The normalized spacial score (nSPS) is 10.0. The summed E-state index contributed by atoms with van der Waals surface area (Å²) in [4.78, 5) is 0.968. The second kappa shape index (κ2) is 5.61. The molecule has 2 aromatic carbocycles. The molecule has 0 spiro atoms. The molecule has 0 heterocycles. The molecule has 0 atom stereocenters. The fourth-order valence-corrected chi connectivity index (χ4v) is 2.67. The third kappa shape index (κ3) is 2.85. The van der Waals surface area contributed by atoms with E-state index in [0.29, 0.717) is 11.3 Å². The van der Waals surface area contributed by atoms with Crippen LogP contribution in [0.25, 0.3) is 0 Å². The van der Waals surface area contributed by atoms with E-state index in [1.165, 1.54) is 11.1 Å². The lowest BCUT2D eigenvalue weighted by molar-refractivity contribution is 1.34. The zero-order valence-corrected chi connectivity index (χ0v) is 11.0. The molecule has 0 aliphatic rings. The van der Waals surface area contributed by atoms with Gasteiger partial charge >= 0.3 is 0 Å². The molecule has 2 aromatic rings. The molecule has 0 bridgehead atoms. The first kappa shape index (κ1) is 12.5. The van der Waals surface area contributed by atoms with Crippen molar-refractivity contribution in [3.8, 4) is 6.07 Å². The first-order chi connectivity index (χ1) is 8.70. The van der Waals surface area contributed by atoms with Gasteiger partial charge in [0.1, 0.15) is 6.07 Å². The second-order valence-corrected chi connectivity index (χ2v) is 5.12. The summed E-state index contributed by atoms with van der Waals surface area (Å²) in [6.45, 7) is 2.08. The van der Waals surface area contributed by atoms with Crippen molar-refractivity contribution in [1.82, 2.24) is 0 Å². The summed E-state index contributed by atoms with van der Waals surface area (Å²) in [5, 5.41) is 8.93. The Labute approximate surface area is 111 Å². The molecule has 0 radical (unpaired) electrons. The van der Waals surface area contributed by atoms with Crippen molar-refractivity contribution in [3.63, 3.8) is 0 Å². The Bertz CT molecular complexity index is 600. The van der Waals surface area contributed by atoms with Gasteiger partial charge in [-0.05, 0) is 24.6 Å². The van der Waals surface area contributed by atoms with Crippen LogP contribution in [0.4, 0.5) is 5.69 Å². The van der Waals surface area contributed by atoms with E-state index in [1.807, 2.05) is 12.1 Å². The minimum atomic E-state index is 0.546. The van der Waals surface area contributed by atoms with Crippen molar-refractivity contribution in [1.29, 1.82) is 5.26 Å². The number of para-hydroxylation sites is 1. The minimum Gasteiger partial charge on any atom is -0.397 e. The molecule has 3 heteroatoms. The lowest BCUT2D eigenvalue weighted by Crippen LogP contribution is -1.93. The summed E-state index contributed by atoms with van der Waals surface area (Å²) in [7, 11) is 0. The predicted octanol–water partition coefficient (Wildman–Crippen LogP) is 3.74. The smallest absolute Gasteiger partial charge is 0.101 e. The molecule has 18 heavy (non-hydrogen) atoms. The number of aryl methyl sites for hydroxylation is 1. The van der Waals surface area contributed by atoms with Gasteiger partial charge in [-0.1, -0.05) is 35.9 Å². The molecular weight excluding hydrogens is 240 g/mol. The molecule has 2 N–H and O–H groups in total. The van der Waals surface area contributed by atoms with Gasteiger partial charge in [0.15, 0.2) is 0 Å². The second-order valence-electron chi connectivity index (χ2n) is 4.11. The first-order valence-corrected chi connectivity index (χ1v) is 6.66. The van der Waals surface area contributed by atoms with Gasteiger partial charge in [0.2, 0.25) is 0 Å². The molecule has 0 aliphatic heterocycles. The van der Waals surface area contributed by atoms with Gasteiger partial charge in [-0.2, -0.15) is 5.26 Å². The van der Waals surface area contributed by atoms with Gasteiger partial charge in [-0.3, -0.25) is 0 Å². The fraction of sp³-hybridized carbons (Fsp3) is 0.133. The van der Waals surface area contributed by atoms with Crippen molar-refractivity contribution >= 4 is 17.4 Å². The Hall–Kier alpha value is -1.92. The first-order valence-electron chi connectivity index (χ1n) is 5.67. The fourth-order valence-electron chi connectivity index (χ4n) is 1.73. The van der Waals surface area contributed by atoms with Crippen LogP contribution in [0.3, 0.4) is 0 Å². The quantitative estimate of drug-likeness (QED) is 0.670. The molecule has 0 unspecified atom stereocenters. The van der Waals surface area contributed by atoms with Crippen LogP contribution in [0.2, 0.25) is 0 Å². The number of nitriles is 1. The van der Waals surface area contributed by atoms with E-state index in [2.05, 4.69) is 37.3 Å². The average molecular weight is 254 g/mol. The molecule has 0 aromatic heterocycles.